The molecule has 1 aliphatic carbocycles. The van der Waals surface area contributed by atoms with Gasteiger partial charge in [0.1, 0.15) is 0 Å². The zero-order valence-electron chi connectivity index (χ0n) is 13.1. The Morgan fingerprint density at radius 1 is 1.04 bits per heavy atom. The summed E-state index contributed by atoms with van der Waals surface area (Å²) in [5.74, 6) is 0.429. The highest BCUT2D eigenvalue weighted by atomic mass is 32.2. The van der Waals surface area contributed by atoms with Crippen LogP contribution in [0.2, 0.25) is 0 Å². The van der Waals surface area contributed by atoms with Gasteiger partial charge in [-0.15, -0.1) is 0 Å². The van der Waals surface area contributed by atoms with Crippen molar-refractivity contribution in [3.05, 3.63) is 65.7 Å². The number of nitrogens with zero attached hydrogens (tertiary/aromatic N) is 1. The van der Waals surface area contributed by atoms with Crippen LogP contribution in [0.3, 0.4) is 0 Å². The van der Waals surface area contributed by atoms with E-state index in [1.54, 1.807) is 24.3 Å². The van der Waals surface area contributed by atoms with E-state index in [2.05, 4.69) is 22.1 Å². The summed E-state index contributed by atoms with van der Waals surface area (Å²) >= 11 is 0. The molecule has 4 nitrogen and oxygen atoms in total. The lowest BCUT2D eigenvalue weighted by Crippen LogP contribution is -2.19. The number of hydrogen-bond donors (Lipinski definition) is 1. The minimum atomic E-state index is -3.58. The van der Waals surface area contributed by atoms with Crippen molar-refractivity contribution in [3.63, 3.8) is 0 Å². The maximum Gasteiger partial charge on any atom is 0.276 e. The van der Waals surface area contributed by atoms with Crippen LogP contribution in [0.4, 0.5) is 0 Å². The van der Waals surface area contributed by atoms with E-state index in [0.29, 0.717) is 5.92 Å². The lowest BCUT2D eigenvalue weighted by molar-refractivity contribution is 0.584. The first-order valence-corrected chi connectivity index (χ1v) is 9.22. The molecule has 0 aliphatic heterocycles. The summed E-state index contributed by atoms with van der Waals surface area (Å²) in [5.41, 5.74) is 3.23. The van der Waals surface area contributed by atoms with Gasteiger partial charge in [-0.2, -0.15) is 13.5 Å². The van der Waals surface area contributed by atoms with Gasteiger partial charge < -0.3 is 0 Å². The molecule has 23 heavy (non-hydrogen) atoms. The predicted octanol–water partition coefficient (Wildman–Crippen LogP) is 3.60. The topological polar surface area (TPSA) is 58.5 Å². The van der Waals surface area contributed by atoms with Crippen molar-refractivity contribution >= 4 is 15.7 Å². The fourth-order valence-corrected chi connectivity index (χ4v) is 3.68. The Morgan fingerprint density at radius 2 is 1.74 bits per heavy atom. The van der Waals surface area contributed by atoms with Gasteiger partial charge in [-0.3, -0.25) is 0 Å². The minimum absolute atomic E-state index is 0.241. The van der Waals surface area contributed by atoms with E-state index in [1.165, 1.54) is 5.56 Å². The van der Waals surface area contributed by atoms with Crippen LogP contribution < -0.4 is 4.83 Å². The zero-order chi connectivity index (χ0) is 16.3. The highest BCUT2D eigenvalue weighted by Crippen LogP contribution is 2.32. The first-order chi connectivity index (χ1) is 11.0. The Hall–Kier alpha value is -2.14. The van der Waals surface area contributed by atoms with Crippen molar-refractivity contribution in [2.45, 2.75) is 37.0 Å². The summed E-state index contributed by atoms with van der Waals surface area (Å²) in [7, 11) is -3.58. The molecule has 1 atom stereocenters. The smallest absolute Gasteiger partial charge is 0.200 e. The van der Waals surface area contributed by atoms with Gasteiger partial charge in [-0.05, 0) is 49.8 Å². The predicted molar refractivity (Wildman–Crippen MR) is 92.0 cm³/mol. The van der Waals surface area contributed by atoms with Crippen LogP contribution in [0.1, 0.15) is 36.3 Å². The van der Waals surface area contributed by atoms with Gasteiger partial charge in [0.25, 0.3) is 10.0 Å². The summed E-state index contributed by atoms with van der Waals surface area (Å²) in [4.78, 5) is 2.61. The van der Waals surface area contributed by atoms with Crippen molar-refractivity contribution < 1.29 is 8.42 Å². The van der Waals surface area contributed by atoms with Gasteiger partial charge in [-0.25, -0.2) is 4.83 Å². The second kappa shape index (κ2) is 6.54. The molecule has 0 amide bonds. The van der Waals surface area contributed by atoms with Crippen LogP contribution >= 0.6 is 0 Å². The molecule has 0 heterocycles. The summed E-state index contributed by atoms with van der Waals surface area (Å²) < 4.78 is 24.5. The molecule has 0 bridgehead atoms. The van der Waals surface area contributed by atoms with Gasteiger partial charge in [-0.1, -0.05) is 48.0 Å². The van der Waals surface area contributed by atoms with Gasteiger partial charge in [0.15, 0.2) is 0 Å². The number of sulfonamides is 1. The standard InChI is InChI=1S/C18H20N2O2S/c1-14-7-11-18(12-8-14)23(21,22)20-19-17-10-9-16(13-17)15-5-3-2-4-6-15/h2-8,11-12,16,20H,9-10,13H2,1H3/b19-17+. The highest BCUT2D eigenvalue weighted by Gasteiger charge is 2.23. The van der Waals surface area contributed by atoms with E-state index in [4.69, 9.17) is 0 Å². The molecule has 2 aromatic carbocycles. The molecule has 0 saturated heterocycles. The van der Waals surface area contributed by atoms with E-state index in [0.717, 1.165) is 30.5 Å². The zero-order valence-corrected chi connectivity index (χ0v) is 13.9. The Balaban J connectivity index is 1.68. The molecule has 1 N–H and O–H groups in total. The molecule has 0 radical (unpaired) electrons. The van der Waals surface area contributed by atoms with Gasteiger partial charge in [0.2, 0.25) is 0 Å². The molecule has 1 saturated carbocycles. The van der Waals surface area contributed by atoms with Crippen LogP contribution in [0.5, 0.6) is 0 Å². The molecule has 1 fully saturated rings. The van der Waals surface area contributed by atoms with E-state index in [-0.39, 0.29) is 4.90 Å². The Kier molecular flexibility index (Phi) is 4.48. The fourth-order valence-electron chi connectivity index (χ4n) is 2.84. The van der Waals surface area contributed by atoms with Crippen molar-refractivity contribution in [1.29, 1.82) is 0 Å². The molecule has 1 aliphatic rings. The number of benzene rings is 2. The van der Waals surface area contributed by atoms with Crippen molar-refractivity contribution in [1.82, 2.24) is 4.83 Å². The quantitative estimate of drug-likeness (QED) is 0.872. The van der Waals surface area contributed by atoms with Crippen LogP contribution in [-0.2, 0) is 10.0 Å². The van der Waals surface area contributed by atoms with Crippen LogP contribution in [-0.4, -0.2) is 14.1 Å². The third-order valence-corrected chi connectivity index (χ3v) is 5.41. The largest absolute Gasteiger partial charge is 0.276 e. The molecule has 3 rings (SSSR count). The van der Waals surface area contributed by atoms with E-state index < -0.39 is 10.0 Å². The molecule has 1 unspecified atom stereocenters. The molecular weight excluding hydrogens is 308 g/mol. The highest BCUT2D eigenvalue weighted by molar-refractivity contribution is 7.89. The first kappa shape index (κ1) is 15.7. The third-order valence-electron chi connectivity index (χ3n) is 4.19. The summed E-state index contributed by atoms with van der Waals surface area (Å²) in [6, 6.07) is 17.1. The van der Waals surface area contributed by atoms with E-state index >= 15 is 0 Å². The maximum atomic E-state index is 12.2. The molecule has 0 spiro atoms. The number of hydrazone groups is 1. The molecule has 2 aromatic rings. The molecular formula is C18H20N2O2S. The lowest BCUT2D eigenvalue weighted by atomic mass is 9.98. The maximum absolute atomic E-state index is 12.2. The average molecular weight is 328 g/mol. The van der Waals surface area contributed by atoms with Crippen LogP contribution in [0.25, 0.3) is 0 Å². The monoisotopic (exact) mass is 328 g/mol. The van der Waals surface area contributed by atoms with Crippen molar-refractivity contribution in [2.24, 2.45) is 5.10 Å². The Bertz CT molecular complexity index is 797. The second-order valence-corrected chi connectivity index (χ2v) is 7.60. The third kappa shape index (κ3) is 3.79. The van der Waals surface area contributed by atoms with Crippen molar-refractivity contribution in [3.8, 4) is 0 Å². The normalized spacial score (nSPS) is 19.9. The van der Waals surface area contributed by atoms with Gasteiger partial charge in [0.05, 0.1) is 4.90 Å². The summed E-state index contributed by atoms with van der Waals surface area (Å²) in [5, 5.41) is 4.15. The van der Waals surface area contributed by atoms with E-state index in [1.807, 2.05) is 25.1 Å². The van der Waals surface area contributed by atoms with E-state index in [9.17, 15) is 8.42 Å². The van der Waals surface area contributed by atoms with Gasteiger partial charge >= 0.3 is 0 Å². The summed E-state index contributed by atoms with van der Waals surface area (Å²) in [6.07, 6.45) is 2.64. The second-order valence-electron chi connectivity index (χ2n) is 5.94. The Labute approximate surface area is 137 Å². The number of rotatable bonds is 4. The average Bonchev–Trinajstić information content (AvgIpc) is 3.03. The molecule has 5 heteroatoms. The van der Waals surface area contributed by atoms with Crippen molar-refractivity contribution in [2.75, 3.05) is 0 Å². The minimum Gasteiger partial charge on any atom is -0.200 e. The number of aryl methyl sites for hydroxylation is 1. The number of hydrogen-bond acceptors (Lipinski definition) is 3. The number of nitrogens with one attached hydrogen (secondary N) is 1. The van der Waals surface area contributed by atoms with Crippen LogP contribution in [0, 0.1) is 6.92 Å². The molecule has 120 valence electrons. The summed E-state index contributed by atoms with van der Waals surface area (Å²) in [6.45, 7) is 1.92. The Morgan fingerprint density at radius 3 is 2.43 bits per heavy atom. The fraction of sp³-hybridized carbons (Fsp3) is 0.278. The first-order valence-electron chi connectivity index (χ1n) is 7.73. The van der Waals surface area contributed by atoms with Gasteiger partial charge in [0, 0.05) is 5.71 Å². The molecule has 0 aromatic heterocycles. The SMILES string of the molecule is Cc1ccc(S(=O)(=O)N/N=C2\CCC(c3ccccc3)C2)cc1. The lowest BCUT2D eigenvalue weighted by Gasteiger charge is -2.08. The van der Waals surface area contributed by atoms with Crippen LogP contribution in [0.15, 0.2) is 64.6 Å².